The van der Waals surface area contributed by atoms with Crippen molar-refractivity contribution >= 4 is 11.9 Å². The van der Waals surface area contributed by atoms with Crippen LogP contribution in [-0.4, -0.2) is 47.4 Å². The van der Waals surface area contributed by atoms with Gasteiger partial charge in [-0.15, -0.1) is 0 Å². The maximum Gasteiger partial charge on any atom is 0.305 e. The Morgan fingerprint density at radius 3 is 1.12 bits per heavy atom. The molecule has 0 aliphatic rings. The number of carbonyl (C=O) groups excluding carboxylic acids is 2. The van der Waals surface area contributed by atoms with Crippen molar-refractivity contribution in [3.8, 4) is 0 Å². The van der Waals surface area contributed by atoms with Crippen LogP contribution in [0.2, 0.25) is 0 Å². The van der Waals surface area contributed by atoms with Crippen LogP contribution in [0.4, 0.5) is 0 Å². The Kier molecular flexibility index (Phi) is 59.5. The van der Waals surface area contributed by atoms with E-state index in [9.17, 15) is 19.8 Å². The number of esters is 1. The van der Waals surface area contributed by atoms with Crippen LogP contribution < -0.4 is 5.32 Å². The number of rotatable bonds is 59. The molecule has 0 spiro atoms. The highest BCUT2D eigenvalue weighted by molar-refractivity contribution is 5.76. The summed E-state index contributed by atoms with van der Waals surface area (Å²) in [6.07, 6.45) is 78.7. The molecule has 0 aromatic heterocycles. The average Bonchev–Trinajstić information content (AvgIpc) is 3.38. The molecule has 6 heteroatoms. The molecule has 2 atom stereocenters. The van der Waals surface area contributed by atoms with Gasteiger partial charge in [-0.3, -0.25) is 9.59 Å². The van der Waals surface area contributed by atoms with Gasteiger partial charge in [0.1, 0.15) is 0 Å². The third-order valence-corrected chi connectivity index (χ3v) is 14.5. The van der Waals surface area contributed by atoms with E-state index in [0.29, 0.717) is 19.4 Å². The van der Waals surface area contributed by atoms with Crippen LogP contribution in [0.25, 0.3) is 0 Å². The van der Waals surface area contributed by atoms with Crippen molar-refractivity contribution in [1.29, 1.82) is 0 Å². The van der Waals surface area contributed by atoms with Crippen molar-refractivity contribution in [1.82, 2.24) is 5.32 Å². The van der Waals surface area contributed by atoms with Crippen molar-refractivity contribution in [3.63, 3.8) is 0 Å². The zero-order chi connectivity index (χ0) is 52.2. The van der Waals surface area contributed by atoms with E-state index in [2.05, 4.69) is 55.6 Å². The molecule has 0 aromatic rings. The molecule has 2 unspecified atom stereocenters. The highest BCUT2D eigenvalue weighted by Crippen LogP contribution is 2.17. The molecule has 0 saturated carbocycles. The summed E-state index contributed by atoms with van der Waals surface area (Å²) in [6.45, 7) is 4.84. The molecule has 0 aliphatic heterocycles. The number of hydrogen-bond acceptors (Lipinski definition) is 5. The maximum atomic E-state index is 12.5. The van der Waals surface area contributed by atoms with Crippen molar-refractivity contribution in [2.45, 2.75) is 347 Å². The van der Waals surface area contributed by atoms with Crippen LogP contribution in [0.15, 0.2) is 48.6 Å². The van der Waals surface area contributed by atoms with Crippen molar-refractivity contribution in [2.24, 2.45) is 0 Å². The lowest BCUT2D eigenvalue weighted by molar-refractivity contribution is -0.143. The minimum absolute atomic E-state index is 0.0122. The molecule has 0 aromatic carbocycles. The average molecular weight is 1010 g/mol. The van der Waals surface area contributed by atoms with E-state index in [0.717, 1.165) is 64.2 Å². The summed E-state index contributed by atoms with van der Waals surface area (Å²) in [6, 6.07) is -0.637. The van der Waals surface area contributed by atoms with Gasteiger partial charge in [0.15, 0.2) is 0 Å². The van der Waals surface area contributed by atoms with Gasteiger partial charge in [-0.25, -0.2) is 0 Å². The predicted octanol–water partition coefficient (Wildman–Crippen LogP) is 20.1. The van der Waals surface area contributed by atoms with Crippen LogP contribution in [0.5, 0.6) is 0 Å². The predicted molar refractivity (Wildman–Crippen MR) is 315 cm³/mol. The topological polar surface area (TPSA) is 95.9 Å². The quantitative estimate of drug-likeness (QED) is 0.0320. The van der Waals surface area contributed by atoms with Crippen molar-refractivity contribution < 1.29 is 24.5 Å². The molecule has 0 radical (unpaired) electrons. The van der Waals surface area contributed by atoms with E-state index in [4.69, 9.17) is 4.74 Å². The molecule has 0 fully saturated rings. The van der Waals surface area contributed by atoms with Crippen molar-refractivity contribution in [2.75, 3.05) is 13.2 Å². The van der Waals surface area contributed by atoms with Gasteiger partial charge in [-0.1, -0.05) is 287 Å². The molecule has 0 bridgehead atoms. The Labute approximate surface area is 448 Å². The molecule has 3 N–H and O–H groups in total. The van der Waals surface area contributed by atoms with Gasteiger partial charge < -0.3 is 20.3 Å². The number of amides is 1. The Morgan fingerprint density at radius 2 is 0.722 bits per heavy atom. The Morgan fingerprint density at radius 1 is 0.389 bits per heavy atom. The molecular formula is C66H123NO5. The van der Waals surface area contributed by atoms with Crippen LogP contribution in [0.1, 0.15) is 335 Å². The first kappa shape index (κ1) is 69.8. The third-order valence-electron chi connectivity index (χ3n) is 14.5. The molecule has 6 nitrogen and oxygen atoms in total. The van der Waals surface area contributed by atoms with Gasteiger partial charge in [0.05, 0.1) is 25.4 Å². The van der Waals surface area contributed by atoms with Gasteiger partial charge >= 0.3 is 5.97 Å². The molecule has 0 heterocycles. The summed E-state index contributed by atoms with van der Waals surface area (Å²) in [5, 5.41) is 23.2. The lowest BCUT2D eigenvalue weighted by atomic mass is 10.0. The van der Waals surface area contributed by atoms with Crippen LogP contribution in [-0.2, 0) is 14.3 Å². The summed E-state index contributed by atoms with van der Waals surface area (Å²) in [4.78, 5) is 24.5. The van der Waals surface area contributed by atoms with Crippen LogP contribution >= 0.6 is 0 Å². The van der Waals surface area contributed by atoms with E-state index in [1.807, 2.05) is 6.08 Å². The van der Waals surface area contributed by atoms with Gasteiger partial charge in [0.25, 0.3) is 0 Å². The second-order valence-electron chi connectivity index (χ2n) is 21.7. The summed E-state index contributed by atoms with van der Waals surface area (Å²) < 4.78 is 5.46. The number of carbonyl (C=O) groups is 2. The first-order valence-electron chi connectivity index (χ1n) is 31.9. The Hall–Kier alpha value is -2.18. The zero-order valence-electron chi connectivity index (χ0n) is 48.2. The lowest BCUT2D eigenvalue weighted by Crippen LogP contribution is -2.45. The third kappa shape index (κ3) is 57.1. The first-order chi connectivity index (χ1) is 35.5. The van der Waals surface area contributed by atoms with E-state index < -0.39 is 12.1 Å². The number of allylic oxidation sites excluding steroid dienone is 7. The van der Waals surface area contributed by atoms with E-state index in [1.165, 1.54) is 244 Å². The summed E-state index contributed by atoms with van der Waals surface area (Å²) >= 11 is 0. The van der Waals surface area contributed by atoms with E-state index >= 15 is 0 Å². The molecule has 0 saturated heterocycles. The van der Waals surface area contributed by atoms with Gasteiger partial charge in [0.2, 0.25) is 5.91 Å². The largest absolute Gasteiger partial charge is 0.466 e. The molecule has 72 heavy (non-hydrogen) atoms. The lowest BCUT2D eigenvalue weighted by Gasteiger charge is -2.20. The fourth-order valence-electron chi connectivity index (χ4n) is 9.67. The minimum Gasteiger partial charge on any atom is -0.466 e. The van der Waals surface area contributed by atoms with E-state index in [1.54, 1.807) is 6.08 Å². The van der Waals surface area contributed by atoms with Crippen molar-refractivity contribution in [3.05, 3.63) is 48.6 Å². The number of unbranched alkanes of at least 4 members (excludes halogenated alkanes) is 42. The Balaban J connectivity index is 3.48. The summed E-state index contributed by atoms with van der Waals surface area (Å²) in [5.74, 6) is -0.0879. The van der Waals surface area contributed by atoms with Gasteiger partial charge in [-0.2, -0.15) is 0 Å². The van der Waals surface area contributed by atoms with Crippen LogP contribution in [0, 0.1) is 0 Å². The molecule has 422 valence electrons. The second kappa shape index (κ2) is 61.4. The van der Waals surface area contributed by atoms with Gasteiger partial charge in [-0.05, 0) is 83.5 Å². The molecule has 1 amide bonds. The highest BCUT2D eigenvalue weighted by Gasteiger charge is 2.18. The summed E-state index contributed by atoms with van der Waals surface area (Å²) in [5.41, 5.74) is 0. The molecule has 0 rings (SSSR count). The number of nitrogens with one attached hydrogen (secondary N) is 1. The number of hydrogen-bond donors (Lipinski definition) is 3. The first-order valence-corrected chi connectivity index (χ1v) is 31.9. The fraction of sp³-hybridized carbons (Fsp3) is 0.848. The minimum atomic E-state index is -0.853. The maximum absolute atomic E-state index is 12.5. The Bertz CT molecular complexity index is 1210. The van der Waals surface area contributed by atoms with E-state index in [-0.39, 0.29) is 18.5 Å². The highest BCUT2D eigenvalue weighted by atomic mass is 16.5. The van der Waals surface area contributed by atoms with Crippen LogP contribution in [0.3, 0.4) is 0 Å². The normalized spacial score (nSPS) is 12.9. The number of aliphatic hydroxyl groups is 2. The second-order valence-corrected chi connectivity index (χ2v) is 21.7. The standard InChI is InChI=1S/C66H123NO5/c1-3-5-7-9-11-13-15-17-18-19-20-21-22-23-25-28-31-35-38-42-46-50-54-58-64(69)63(62-68)67-65(70)59-55-51-47-43-39-36-32-29-26-24-27-30-33-37-41-45-49-53-57-61-72-66(71)60-56-52-48-44-40-34-16-14-12-10-8-6-4-2/h8,10,14,16,24,26,54,58,63-64,68-69H,3-7,9,11-13,15,17-23,25,27-53,55-57,59-62H2,1-2H3,(H,67,70)/b10-8-,16-14-,26-24-,58-54+. The molecule has 0 aliphatic carbocycles. The number of ether oxygens (including phenoxy) is 1. The monoisotopic (exact) mass is 1010 g/mol. The SMILES string of the molecule is CCC/C=C\C/C=C\CCCCCCCC(=O)OCCCCCCCCCC/C=C\CCCCCCCCCC(=O)NC(CO)C(O)/C=C/CCCCCCCCCCCCCCCCCCCCCCC. The zero-order valence-corrected chi connectivity index (χ0v) is 48.2. The van der Waals surface area contributed by atoms with Gasteiger partial charge in [0, 0.05) is 12.8 Å². The molecular weight excluding hydrogens is 887 g/mol. The fourth-order valence-corrected chi connectivity index (χ4v) is 9.67. The number of aliphatic hydroxyl groups excluding tert-OH is 2. The smallest absolute Gasteiger partial charge is 0.305 e. The summed E-state index contributed by atoms with van der Waals surface area (Å²) in [7, 11) is 0.